The van der Waals surface area contributed by atoms with E-state index in [-0.39, 0.29) is 12.4 Å². The molecule has 0 atom stereocenters. The zero-order valence-corrected chi connectivity index (χ0v) is 9.21. The Morgan fingerprint density at radius 3 is 1.46 bits per heavy atom. The van der Waals surface area contributed by atoms with E-state index >= 15 is 0 Å². The summed E-state index contributed by atoms with van der Waals surface area (Å²) in [6.45, 7) is 5.69. The number of hydrogen-bond donors (Lipinski definition) is 2. The van der Waals surface area contributed by atoms with Crippen LogP contribution < -0.4 is 11.5 Å². The van der Waals surface area contributed by atoms with Crippen LogP contribution in [0.2, 0.25) is 0 Å². The topological polar surface area (TPSA) is 52.0 Å². The van der Waals surface area contributed by atoms with E-state index in [1.807, 2.05) is 0 Å². The standard InChI is InChI=1S/C10H18N2.ClH/c1-7-3-9(5-11)10(6-12)4-8(7)2;/h3-6,11-12H2,1-2H3;1H. The highest BCUT2D eigenvalue weighted by Gasteiger charge is 2.13. The second kappa shape index (κ2) is 5.43. The van der Waals surface area contributed by atoms with Gasteiger partial charge in [-0.3, -0.25) is 0 Å². The first kappa shape index (κ1) is 12.7. The van der Waals surface area contributed by atoms with Crippen molar-refractivity contribution in [2.75, 3.05) is 13.1 Å². The van der Waals surface area contributed by atoms with Gasteiger partial charge in [0, 0.05) is 13.1 Å². The molecule has 0 heterocycles. The van der Waals surface area contributed by atoms with E-state index in [1.165, 1.54) is 22.3 Å². The Morgan fingerprint density at radius 2 is 1.23 bits per heavy atom. The van der Waals surface area contributed by atoms with Gasteiger partial charge in [-0.05, 0) is 26.7 Å². The van der Waals surface area contributed by atoms with Crippen LogP contribution in [0.1, 0.15) is 26.7 Å². The van der Waals surface area contributed by atoms with Crippen molar-refractivity contribution >= 4 is 12.4 Å². The van der Waals surface area contributed by atoms with Crippen molar-refractivity contribution in [3.63, 3.8) is 0 Å². The number of halogens is 1. The molecule has 2 nitrogen and oxygen atoms in total. The third-order valence-electron chi connectivity index (χ3n) is 2.68. The lowest BCUT2D eigenvalue weighted by Gasteiger charge is -2.21. The Bertz CT molecular complexity index is 217. The van der Waals surface area contributed by atoms with Gasteiger partial charge >= 0.3 is 0 Å². The van der Waals surface area contributed by atoms with Gasteiger partial charge in [-0.1, -0.05) is 22.3 Å². The molecular formula is C10H19ClN2. The summed E-state index contributed by atoms with van der Waals surface area (Å²) in [6.07, 6.45) is 2.07. The molecule has 0 bridgehead atoms. The van der Waals surface area contributed by atoms with Crippen LogP contribution in [-0.2, 0) is 0 Å². The first-order valence-corrected chi connectivity index (χ1v) is 4.44. The Labute approximate surface area is 86.5 Å². The van der Waals surface area contributed by atoms with Gasteiger partial charge in [0.15, 0.2) is 0 Å². The van der Waals surface area contributed by atoms with E-state index in [0.717, 1.165) is 12.8 Å². The summed E-state index contributed by atoms with van der Waals surface area (Å²) in [5.41, 5.74) is 16.9. The largest absolute Gasteiger partial charge is 0.327 e. The number of nitrogens with two attached hydrogens (primary N) is 2. The first-order valence-electron chi connectivity index (χ1n) is 4.44. The maximum atomic E-state index is 5.64. The summed E-state index contributed by atoms with van der Waals surface area (Å²) >= 11 is 0. The van der Waals surface area contributed by atoms with Crippen molar-refractivity contribution in [3.8, 4) is 0 Å². The van der Waals surface area contributed by atoms with Gasteiger partial charge in [0.1, 0.15) is 0 Å². The molecule has 0 saturated heterocycles. The van der Waals surface area contributed by atoms with Crippen LogP contribution in [0.5, 0.6) is 0 Å². The fourth-order valence-corrected chi connectivity index (χ4v) is 1.62. The van der Waals surface area contributed by atoms with Crippen molar-refractivity contribution in [1.82, 2.24) is 0 Å². The van der Waals surface area contributed by atoms with Gasteiger partial charge in [0.2, 0.25) is 0 Å². The lowest BCUT2D eigenvalue weighted by atomic mass is 9.87. The molecule has 0 aromatic heterocycles. The highest BCUT2D eigenvalue weighted by Crippen LogP contribution is 2.28. The fraction of sp³-hybridized carbons (Fsp3) is 0.600. The SMILES string of the molecule is CC1=C(C)CC(CN)=C(CN)C1.Cl. The summed E-state index contributed by atoms with van der Waals surface area (Å²) in [7, 11) is 0. The van der Waals surface area contributed by atoms with Gasteiger partial charge in [-0.15, -0.1) is 12.4 Å². The van der Waals surface area contributed by atoms with Crippen molar-refractivity contribution in [2.45, 2.75) is 26.7 Å². The van der Waals surface area contributed by atoms with Gasteiger partial charge in [0.05, 0.1) is 0 Å². The van der Waals surface area contributed by atoms with E-state index in [4.69, 9.17) is 11.5 Å². The van der Waals surface area contributed by atoms with Crippen molar-refractivity contribution < 1.29 is 0 Å². The minimum atomic E-state index is 0. The Kier molecular flexibility index (Phi) is 5.30. The van der Waals surface area contributed by atoms with E-state index in [9.17, 15) is 0 Å². The normalized spacial score (nSPS) is 17.5. The molecule has 0 saturated carbocycles. The lowest BCUT2D eigenvalue weighted by molar-refractivity contribution is 0.857. The van der Waals surface area contributed by atoms with Crippen LogP contribution in [-0.4, -0.2) is 13.1 Å². The molecular weight excluding hydrogens is 184 g/mol. The third-order valence-corrected chi connectivity index (χ3v) is 2.68. The van der Waals surface area contributed by atoms with E-state index in [2.05, 4.69) is 13.8 Å². The number of allylic oxidation sites excluding steroid dienone is 2. The highest BCUT2D eigenvalue weighted by molar-refractivity contribution is 5.85. The molecule has 0 aliphatic heterocycles. The molecule has 0 fully saturated rings. The van der Waals surface area contributed by atoms with Gasteiger partial charge in [-0.2, -0.15) is 0 Å². The summed E-state index contributed by atoms with van der Waals surface area (Å²) in [4.78, 5) is 0. The summed E-state index contributed by atoms with van der Waals surface area (Å²) in [5, 5.41) is 0. The van der Waals surface area contributed by atoms with Crippen LogP contribution >= 0.6 is 12.4 Å². The van der Waals surface area contributed by atoms with Gasteiger partial charge < -0.3 is 11.5 Å². The molecule has 1 aliphatic carbocycles. The molecule has 0 spiro atoms. The smallest absolute Gasteiger partial charge is 0.0143 e. The Balaban J connectivity index is 0.00000144. The molecule has 1 rings (SSSR count). The zero-order valence-electron chi connectivity index (χ0n) is 8.39. The van der Waals surface area contributed by atoms with Crippen LogP contribution in [0.4, 0.5) is 0 Å². The molecule has 3 heteroatoms. The molecule has 0 amide bonds. The van der Waals surface area contributed by atoms with Crippen molar-refractivity contribution in [3.05, 3.63) is 22.3 Å². The second-order valence-electron chi connectivity index (χ2n) is 3.53. The minimum absolute atomic E-state index is 0. The van der Waals surface area contributed by atoms with Crippen LogP contribution in [0.15, 0.2) is 22.3 Å². The van der Waals surface area contributed by atoms with Crippen LogP contribution in [0, 0.1) is 0 Å². The highest BCUT2D eigenvalue weighted by atomic mass is 35.5. The van der Waals surface area contributed by atoms with Gasteiger partial charge in [0.25, 0.3) is 0 Å². The van der Waals surface area contributed by atoms with E-state index in [1.54, 1.807) is 0 Å². The molecule has 76 valence electrons. The van der Waals surface area contributed by atoms with Crippen molar-refractivity contribution in [1.29, 1.82) is 0 Å². The second-order valence-corrected chi connectivity index (χ2v) is 3.53. The molecule has 13 heavy (non-hydrogen) atoms. The summed E-state index contributed by atoms with van der Waals surface area (Å²) in [5.74, 6) is 0. The molecule has 0 aromatic carbocycles. The molecule has 0 radical (unpaired) electrons. The molecule has 4 N–H and O–H groups in total. The third kappa shape index (κ3) is 2.83. The summed E-state index contributed by atoms with van der Waals surface area (Å²) < 4.78 is 0. The van der Waals surface area contributed by atoms with Gasteiger partial charge in [-0.25, -0.2) is 0 Å². The average molecular weight is 203 g/mol. The minimum Gasteiger partial charge on any atom is -0.327 e. The molecule has 1 aliphatic rings. The van der Waals surface area contributed by atoms with Crippen molar-refractivity contribution in [2.24, 2.45) is 11.5 Å². The average Bonchev–Trinajstić information content (AvgIpc) is 2.09. The zero-order chi connectivity index (χ0) is 9.14. The molecule has 0 unspecified atom stereocenters. The fourth-order valence-electron chi connectivity index (χ4n) is 1.62. The van der Waals surface area contributed by atoms with Crippen LogP contribution in [0.25, 0.3) is 0 Å². The molecule has 0 aromatic rings. The monoisotopic (exact) mass is 202 g/mol. The predicted octanol–water partition coefficient (Wildman–Crippen LogP) is 1.75. The number of hydrogen-bond acceptors (Lipinski definition) is 2. The quantitative estimate of drug-likeness (QED) is 0.671. The van der Waals surface area contributed by atoms with Crippen LogP contribution in [0.3, 0.4) is 0 Å². The Hall–Kier alpha value is -0.310. The lowest BCUT2D eigenvalue weighted by Crippen LogP contribution is -2.16. The maximum absolute atomic E-state index is 5.64. The van der Waals surface area contributed by atoms with E-state index in [0.29, 0.717) is 13.1 Å². The Morgan fingerprint density at radius 1 is 0.923 bits per heavy atom. The maximum Gasteiger partial charge on any atom is 0.0143 e. The first-order chi connectivity index (χ1) is 5.69. The predicted molar refractivity (Wildman–Crippen MR) is 60.0 cm³/mol. The number of rotatable bonds is 2. The summed E-state index contributed by atoms with van der Waals surface area (Å²) in [6, 6.07) is 0. The van der Waals surface area contributed by atoms with E-state index < -0.39 is 0 Å².